The highest BCUT2D eigenvalue weighted by Gasteiger charge is 2.27. The first-order chi connectivity index (χ1) is 9.00. The lowest BCUT2D eigenvalue weighted by Gasteiger charge is -2.38. The Morgan fingerprint density at radius 3 is 2.84 bits per heavy atom. The van der Waals surface area contributed by atoms with E-state index in [4.69, 9.17) is 4.52 Å². The van der Waals surface area contributed by atoms with Crippen molar-refractivity contribution >= 4 is 5.91 Å². The molecule has 2 unspecified atom stereocenters. The summed E-state index contributed by atoms with van der Waals surface area (Å²) in [4.78, 5) is 14.3. The molecular formula is C14H23N3O2. The zero-order valence-corrected chi connectivity index (χ0v) is 12.2. The Morgan fingerprint density at radius 1 is 1.47 bits per heavy atom. The number of piperazine rings is 1. The van der Waals surface area contributed by atoms with Gasteiger partial charge in [-0.3, -0.25) is 4.79 Å². The Balaban J connectivity index is 1.94. The van der Waals surface area contributed by atoms with E-state index in [1.165, 1.54) is 0 Å². The van der Waals surface area contributed by atoms with Crippen LogP contribution in [0.5, 0.6) is 0 Å². The van der Waals surface area contributed by atoms with E-state index >= 15 is 0 Å². The SMILES string of the molecule is Cc1noc(C)c1CCC(=O)N1CCNC(C)C1C. The minimum absolute atomic E-state index is 0.223. The van der Waals surface area contributed by atoms with E-state index in [1.807, 2.05) is 18.7 Å². The lowest BCUT2D eigenvalue weighted by Crippen LogP contribution is -2.57. The molecule has 2 heterocycles. The largest absolute Gasteiger partial charge is 0.361 e. The van der Waals surface area contributed by atoms with E-state index in [0.29, 0.717) is 18.9 Å². The van der Waals surface area contributed by atoms with Gasteiger partial charge < -0.3 is 14.7 Å². The van der Waals surface area contributed by atoms with Crippen LogP contribution in [0.3, 0.4) is 0 Å². The molecule has 19 heavy (non-hydrogen) atoms. The molecule has 0 aliphatic carbocycles. The number of nitrogens with zero attached hydrogens (tertiary/aromatic N) is 2. The molecule has 0 radical (unpaired) electrons. The van der Waals surface area contributed by atoms with Gasteiger partial charge in [0.2, 0.25) is 5.91 Å². The van der Waals surface area contributed by atoms with E-state index in [-0.39, 0.29) is 11.9 Å². The summed E-state index contributed by atoms with van der Waals surface area (Å²) in [6.07, 6.45) is 1.24. The fourth-order valence-electron chi connectivity index (χ4n) is 2.64. The predicted octanol–water partition coefficient (Wildman–Crippen LogP) is 1.43. The summed E-state index contributed by atoms with van der Waals surface area (Å²) >= 11 is 0. The van der Waals surface area contributed by atoms with Crippen LogP contribution in [0.25, 0.3) is 0 Å². The number of amides is 1. The van der Waals surface area contributed by atoms with Gasteiger partial charge >= 0.3 is 0 Å². The third-order valence-corrected chi connectivity index (χ3v) is 4.12. The maximum Gasteiger partial charge on any atom is 0.223 e. The Morgan fingerprint density at radius 2 is 2.21 bits per heavy atom. The normalized spacial score (nSPS) is 23.7. The van der Waals surface area contributed by atoms with Crippen molar-refractivity contribution in [3.05, 3.63) is 17.0 Å². The molecule has 1 aromatic heterocycles. The van der Waals surface area contributed by atoms with Crippen LogP contribution in [0.15, 0.2) is 4.52 Å². The van der Waals surface area contributed by atoms with E-state index in [1.54, 1.807) is 0 Å². The summed E-state index contributed by atoms with van der Waals surface area (Å²) in [5, 5.41) is 7.31. The topological polar surface area (TPSA) is 58.4 Å². The maximum absolute atomic E-state index is 12.3. The Labute approximate surface area is 114 Å². The van der Waals surface area contributed by atoms with Gasteiger partial charge in [-0.2, -0.15) is 0 Å². The molecule has 0 saturated carbocycles. The number of aryl methyl sites for hydroxylation is 2. The first kappa shape index (κ1) is 14.1. The second-order valence-electron chi connectivity index (χ2n) is 5.37. The van der Waals surface area contributed by atoms with Crippen LogP contribution in [0.2, 0.25) is 0 Å². The molecule has 0 spiro atoms. The van der Waals surface area contributed by atoms with Crippen molar-refractivity contribution in [2.75, 3.05) is 13.1 Å². The average Bonchev–Trinajstić information content (AvgIpc) is 2.70. The van der Waals surface area contributed by atoms with Gasteiger partial charge in [0, 0.05) is 37.2 Å². The van der Waals surface area contributed by atoms with Crippen molar-refractivity contribution in [1.29, 1.82) is 0 Å². The molecule has 0 bridgehead atoms. The van der Waals surface area contributed by atoms with Crippen molar-refractivity contribution in [3.8, 4) is 0 Å². The van der Waals surface area contributed by atoms with E-state index in [9.17, 15) is 4.79 Å². The Kier molecular flexibility index (Phi) is 4.24. The smallest absolute Gasteiger partial charge is 0.223 e. The Bertz CT molecular complexity index is 436. The Hall–Kier alpha value is -1.36. The number of aromatic nitrogens is 1. The molecule has 2 rings (SSSR count). The highest BCUT2D eigenvalue weighted by atomic mass is 16.5. The third kappa shape index (κ3) is 2.97. The zero-order chi connectivity index (χ0) is 14.0. The van der Waals surface area contributed by atoms with Crippen molar-refractivity contribution in [2.24, 2.45) is 0 Å². The molecule has 1 amide bonds. The molecule has 1 saturated heterocycles. The molecule has 106 valence electrons. The summed E-state index contributed by atoms with van der Waals surface area (Å²) in [6, 6.07) is 0.614. The number of carbonyl (C=O) groups is 1. The lowest BCUT2D eigenvalue weighted by atomic mass is 10.0. The predicted molar refractivity (Wildman–Crippen MR) is 72.9 cm³/mol. The zero-order valence-electron chi connectivity index (χ0n) is 12.2. The molecule has 1 N–H and O–H groups in total. The van der Waals surface area contributed by atoms with Gasteiger partial charge in [-0.15, -0.1) is 0 Å². The molecule has 2 atom stereocenters. The maximum atomic E-state index is 12.3. The van der Waals surface area contributed by atoms with Crippen LogP contribution in [-0.4, -0.2) is 41.1 Å². The first-order valence-corrected chi connectivity index (χ1v) is 6.95. The number of hydrogen-bond acceptors (Lipinski definition) is 4. The summed E-state index contributed by atoms with van der Waals surface area (Å²) < 4.78 is 5.13. The summed E-state index contributed by atoms with van der Waals surface area (Å²) in [6.45, 7) is 9.72. The monoisotopic (exact) mass is 265 g/mol. The minimum atomic E-state index is 0.223. The standard InChI is InChI=1S/C14H23N3O2/c1-9-11(3)17(8-7-15-9)14(18)6-5-13-10(2)16-19-12(13)4/h9,11,15H,5-8H2,1-4H3. The molecular weight excluding hydrogens is 242 g/mol. The number of nitrogens with one attached hydrogen (secondary N) is 1. The fraction of sp³-hybridized carbons (Fsp3) is 0.714. The van der Waals surface area contributed by atoms with Crippen LogP contribution < -0.4 is 5.32 Å². The first-order valence-electron chi connectivity index (χ1n) is 6.95. The summed E-state index contributed by atoms with van der Waals surface area (Å²) in [7, 11) is 0. The van der Waals surface area contributed by atoms with Crippen molar-refractivity contribution in [1.82, 2.24) is 15.4 Å². The van der Waals surface area contributed by atoms with Crippen LogP contribution in [0.1, 0.15) is 37.3 Å². The van der Waals surface area contributed by atoms with Gasteiger partial charge in [-0.1, -0.05) is 5.16 Å². The molecule has 1 aliphatic heterocycles. The van der Waals surface area contributed by atoms with Crippen LogP contribution in [0.4, 0.5) is 0 Å². The number of hydrogen-bond donors (Lipinski definition) is 1. The van der Waals surface area contributed by atoms with Crippen LogP contribution >= 0.6 is 0 Å². The number of rotatable bonds is 3. The van der Waals surface area contributed by atoms with Crippen LogP contribution in [0, 0.1) is 13.8 Å². The van der Waals surface area contributed by atoms with Gasteiger partial charge in [0.15, 0.2) is 0 Å². The van der Waals surface area contributed by atoms with Gasteiger partial charge in [-0.05, 0) is 34.1 Å². The highest BCUT2D eigenvalue weighted by Crippen LogP contribution is 2.16. The second kappa shape index (κ2) is 5.74. The van der Waals surface area contributed by atoms with E-state index < -0.39 is 0 Å². The van der Waals surface area contributed by atoms with Gasteiger partial charge in [-0.25, -0.2) is 0 Å². The molecule has 5 nitrogen and oxygen atoms in total. The molecule has 1 fully saturated rings. The lowest BCUT2D eigenvalue weighted by molar-refractivity contribution is -0.134. The van der Waals surface area contributed by atoms with Crippen molar-refractivity contribution < 1.29 is 9.32 Å². The fourth-order valence-corrected chi connectivity index (χ4v) is 2.64. The molecule has 1 aliphatic rings. The van der Waals surface area contributed by atoms with Crippen molar-refractivity contribution in [2.45, 2.75) is 52.6 Å². The molecule has 1 aromatic rings. The van der Waals surface area contributed by atoms with Gasteiger partial charge in [0.25, 0.3) is 0 Å². The molecule has 0 aromatic carbocycles. The molecule has 5 heteroatoms. The quantitative estimate of drug-likeness (QED) is 0.898. The third-order valence-electron chi connectivity index (χ3n) is 4.12. The van der Waals surface area contributed by atoms with Crippen molar-refractivity contribution in [3.63, 3.8) is 0 Å². The number of carbonyl (C=O) groups excluding carboxylic acids is 1. The van der Waals surface area contributed by atoms with Crippen LogP contribution in [-0.2, 0) is 11.2 Å². The average molecular weight is 265 g/mol. The van der Waals surface area contributed by atoms with Gasteiger partial charge in [0.1, 0.15) is 5.76 Å². The highest BCUT2D eigenvalue weighted by molar-refractivity contribution is 5.77. The second-order valence-corrected chi connectivity index (χ2v) is 5.37. The summed E-state index contributed by atoms with van der Waals surface area (Å²) in [5.74, 6) is 1.05. The van der Waals surface area contributed by atoms with Gasteiger partial charge in [0.05, 0.1) is 5.69 Å². The summed E-state index contributed by atoms with van der Waals surface area (Å²) in [5.41, 5.74) is 1.97. The van der Waals surface area contributed by atoms with E-state index in [2.05, 4.69) is 24.3 Å². The van der Waals surface area contributed by atoms with E-state index in [0.717, 1.165) is 30.1 Å². The minimum Gasteiger partial charge on any atom is -0.361 e.